The molecule has 0 bridgehead atoms. The molecule has 1 aromatic carbocycles. The molecular weight excluding hydrogens is 336 g/mol. The number of ether oxygens (including phenoxy) is 1. The first-order chi connectivity index (χ1) is 12.3. The molecule has 2 fully saturated rings. The lowest BCUT2D eigenvalue weighted by Gasteiger charge is -2.24. The smallest absolute Gasteiger partial charge is 0.307 e. The third kappa shape index (κ3) is 3.25. The van der Waals surface area contributed by atoms with Crippen LogP contribution in [0, 0.1) is 23.2 Å². The molecule has 2 aliphatic carbocycles. The van der Waals surface area contributed by atoms with Gasteiger partial charge in [0.15, 0.2) is 0 Å². The van der Waals surface area contributed by atoms with E-state index in [0.29, 0.717) is 17.1 Å². The van der Waals surface area contributed by atoms with Crippen LogP contribution in [-0.4, -0.2) is 30.0 Å². The monoisotopic (exact) mass is 360 g/mol. The number of anilines is 2. The zero-order valence-corrected chi connectivity index (χ0v) is 15.2. The van der Waals surface area contributed by atoms with Crippen molar-refractivity contribution in [1.29, 1.82) is 0 Å². The highest BCUT2D eigenvalue weighted by atomic mass is 16.5. The van der Waals surface area contributed by atoms with Gasteiger partial charge in [-0.25, -0.2) is 0 Å². The van der Waals surface area contributed by atoms with Gasteiger partial charge in [0.05, 0.1) is 30.3 Å². The van der Waals surface area contributed by atoms with Crippen LogP contribution in [0.15, 0.2) is 18.2 Å². The number of carbonyl (C=O) groups excluding carboxylic acids is 2. The fraction of sp³-hybridized carbons (Fsp3) is 0.526. The lowest BCUT2D eigenvalue weighted by Crippen LogP contribution is -2.28. The SMILES string of the molecule is COc1ccc(NC(=O)C2CCC2)c(NC(=O)C2C(C(=O)O)C2(C)C)c1. The molecule has 0 aromatic heterocycles. The van der Waals surface area contributed by atoms with Gasteiger partial charge in [-0.1, -0.05) is 20.3 Å². The summed E-state index contributed by atoms with van der Waals surface area (Å²) in [5.41, 5.74) is 0.305. The Bertz CT molecular complexity index is 754. The second-order valence-electron chi connectivity index (χ2n) is 7.63. The van der Waals surface area contributed by atoms with Crippen molar-refractivity contribution < 1.29 is 24.2 Å². The number of rotatable bonds is 6. The van der Waals surface area contributed by atoms with E-state index in [1.165, 1.54) is 7.11 Å². The van der Waals surface area contributed by atoms with Gasteiger partial charge in [0, 0.05) is 12.0 Å². The van der Waals surface area contributed by atoms with Crippen molar-refractivity contribution in [1.82, 2.24) is 0 Å². The Morgan fingerprint density at radius 1 is 1.08 bits per heavy atom. The van der Waals surface area contributed by atoms with E-state index in [-0.39, 0.29) is 17.7 Å². The van der Waals surface area contributed by atoms with Crippen LogP contribution in [0.3, 0.4) is 0 Å². The van der Waals surface area contributed by atoms with E-state index in [4.69, 9.17) is 4.74 Å². The molecule has 3 N–H and O–H groups in total. The molecule has 7 nitrogen and oxygen atoms in total. The molecule has 1 aromatic rings. The molecule has 140 valence electrons. The van der Waals surface area contributed by atoms with Crippen molar-refractivity contribution in [2.24, 2.45) is 23.2 Å². The summed E-state index contributed by atoms with van der Waals surface area (Å²) in [5.74, 6) is -2.17. The van der Waals surface area contributed by atoms with E-state index >= 15 is 0 Å². The molecule has 0 saturated heterocycles. The number of aliphatic carboxylic acids is 1. The van der Waals surface area contributed by atoms with Crippen molar-refractivity contribution in [3.05, 3.63) is 18.2 Å². The largest absolute Gasteiger partial charge is 0.497 e. The molecule has 0 radical (unpaired) electrons. The van der Waals surface area contributed by atoms with Crippen molar-refractivity contribution >= 4 is 29.2 Å². The summed E-state index contributed by atoms with van der Waals surface area (Å²) in [6, 6.07) is 5.00. The highest BCUT2D eigenvalue weighted by Gasteiger charge is 2.65. The number of carboxylic acid groups (broad SMARTS) is 1. The Morgan fingerprint density at radius 2 is 1.73 bits per heavy atom. The molecule has 2 saturated carbocycles. The Balaban J connectivity index is 1.78. The number of benzene rings is 1. The summed E-state index contributed by atoms with van der Waals surface area (Å²) < 4.78 is 5.19. The average Bonchev–Trinajstić information content (AvgIpc) is 3.10. The lowest BCUT2D eigenvalue weighted by atomic mass is 9.85. The third-order valence-corrected chi connectivity index (χ3v) is 5.59. The Hall–Kier alpha value is -2.57. The van der Waals surface area contributed by atoms with Gasteiger partial charge in [-0.15, -0.1) is 0 Å². The minimum Gasteiger partial charge on any atom is -0.497 e. The number of hydrogen-bond donors (Lipinski definition) is 3. The molecule has 0 spiro atoms. The number of carbonyl (C=O) groups is 3. The lowest BCUT2D eigenvalue weighted by molar-refractivity contribution is -0.140. The molecule has 3 rings (SSSR count). The zero-order chi connectivity index (χ0) is 19.1. The van der Waals surface area contributed by atoms with Gasteiger partial charge in [-0.3, -0.25) is 14.4 Å². The highest BCUT2D eigenvalue weighted by Crippen LogP contribution is 2.58. The maximum atomic E-state index is 12.6. The first-order valence-electron chi connectivity index (χ1n) is 8.78. The molecule has 2 aliphatic rings. The number of carboxylic acids is 1. The second kappa shape index (κ2) is 6.63. The van der Waals surface area contributed by atoms with E-state index in [2.05, 4.69) is 10.6 Å². The first kappa shape index (κ1) is 18.2. The predicted octanol–water partition coefficient (Wildman–Crippen LogP) is 2.73. The molecule has 0 heterocycles. The number of nitrogens with one attached hydrogen (secondary N) is 2. The minimum atomic E-state index is -0.973. The van der Waals surface area contributed by atoms with Crippen LogP contribution < -0.4 is 15.4 Å². The third-order valence-electron chi connectivity index (χ3n) is 5.59. The maximum Gasteiger partial charge on any atom is 0.307 e. The Morgan fingerprint density at radius 3 is 2.23 bits per heavy atom. The van der Waals surface area contributed by atoms with Crippen LogP contribution >= 0.6 is 0 Å². The van der Waals surface area contributed by atoms with Crippen LogP contribution in [0.2, 0.25) is 0 Å². The molecule has 2 atom stereocenters. The van der Waals surface area contributed by atoms with Gasteiger partial charge in [0.25, 0.3) is 0 Å². The topological polar surface area (TPSA) is 105 Å². The average molecular weight is 360 g/mol. The minimum absolute atomic E-state index is 0.0133. The van der Waals surface area contributed by atoms with Crippen LogP contribution in [0.1, 0.15) is 33.1 Å². The standard InChI is InChI=1S/C19H24N2O5/c1-19(2)14(15(19)18(24)25)17(23)21-13-9-11(26-3)7-8-12(13)20-16(22)10-5-4-6-10/h7-10,14-15H,4-6H2,1-3H3,(H,20,22)(H,21,23)(H,24,25). The summed E-state index contributed by atoms with van der Waals surface area (Å²) >= 11 is 0. The van der Waals surface area contributed by atoms with E-state index in [0.717, 1.165) is 19.3 Å². The summed E-state index contributed by atoms with van der Waals surface area (Å²) in [7, 11) is 1.51. The Kier molecular flexibility index (Phi) is 4.64. The van der Waals surface area contributed by atoms with Gasteiger partial charge in [0.1, 0.15) is 5.75 Å². The van der Waals surface area contributed by atoms with Gasteiger partial charge >= 0.3 is 5.97 Å². The molecule has 2 amide bonds. The van der Waals surface area contributed by atoms with Crippen LogP contribution in [-0.2, 0) is 14.4 Å². The molecule has 0 aliphatic heterocycles. The normalized spacial score (nSPS) is 23.5. The van der Waals surface area contributed by atoms with Gasteiger partial charge in [-0.05, 0) is 30.4 Å². The second-order valence-corrected chi connectivity index (χ2v) is 7.63. The number of methoxy groups -OCH3 is 1. The van der Waals surface area contributed by atoms with Crippen LogP contribution in [0.25, 0.3) is 0 Å². The molecule has 7 heteroatoms. The molecule has 2 unspecified atom stereocenters. The van der Waals surface area contributed by atoms with Crippen LogP contribution in [0.4, 0.5) is 11.4 Å². The van der Waals surface area contributed by atoms with E-state index < -0.39 is 23.2 Å². The van der Waals surface area contributed by atoms with Crippen molar-refractivity contribution in [2.75, 3.05) is 17.7 Å². The van der Waals surface area contributed by atoms with Crippen molar-refractivity contribution in [3.8, 4) is 5.75 Å². The van der Waals surface area contributed by atoms with Gasteiger partial charge in [-0.2, -0.15) is 0 Å². The first-order valence-corrected chi connectivity index (χ1v) is 8.78. The quantitative estimate of drug-likeness (QED) is 0.723. The number of hydrogen-bond acceptors (Lipinski definition) is 4. The Labute approximate surface area is 152 Å². The van der Waals surface area contributed by atoms with E-state index in [9.17, 15) is 19.5 Å². The van der Waals surface area contributed by atoms with Gasteiger partial charge < -0.3 is 20.5 Å². The van der Waals surface area contributed by atoms with Gasteiger partial charge in [0.2, 0.25) is 11.8 Å². The zero-order valence-electron chi connectivity index (χ0n) is 15.2. The van der Waals surface area contributed by atoms with Crippen molar-refractivity contribution in [2.45, 2.75) is 33.1 Å². The summed E-state index contributed by atoms with van der Waals surface area (Å²) in [4.78, 5) is 36.2. The fourth-order valence-corrected chi connectivity index (χ4v) is 3.57. The fourth-order valence-electron chi connectivity index (χ4n) is 3.57. The van der Waals surface area contributed by atoms with Crippen molar-refractivity contribution in [3.63, 3.8) is 0 Å². The predicted molar refractivity (Wildman–Crippen MR) is 96.0 cm³/mol. The summed E-state index contributed by atoms with van der Waals surface area (Å²) in [5, 5.41) is 14.9. The molecular formula is C19H24N2O5. The molecule has 26 heavy (non-hydrogen) atoms. The van der Waals surface area contributed by atoms with Crippen LogP contribution in [0.5, 0.6) is 5.75 Å². The maximum absolute atomic E-state index is 12.6. The highest BCUT2D eigenvalue weighted by molar-refractivity contribution is 6.04. The van der Waals surface area contributed by atoms with E-state index in [1.807, 2.05) is 0 Å². The summed E-state index contributed by atoms with van der Waals surface area (Å²) in [6.45, 7) is 3.53. The summed E-state index contributed by atoms with van der Waals surface area (Å²) in [6.07, 6.45) is 2.80. The number of amides is 2. The van der Waals surface area contributed by atoms with E-state index in [1.54, 1.807) is 32.0 Å².